The zero-order chi connectivity index (χ0) is 13.9. The van der Waals surface area contributed by atoms with Crippen LogP contribution in [0.5, 0.6) is 0 Å². The Kier molecular flexibility index (Phi) is 4.34. The van der Waals surface area contributed by atoms with Gasteiger partial charge in [0.25, 0.3) is 0 Å². The molecule has 0 radical (unpaired) electrons. The van der Waals surface area contributed by atoms with E-state index in [0.29, 0.717) is 5.69 Å². The molecule has 0 aromatic heterocycles. The van der Waals surface area contributed by atoms with E-state index in [1.165, 1.54) is 6.07 Å². The number of sulfone groups is 1. The molecule has 0 fully saturated rings. The summed E-state index contributed by atoms with van der Waals surface area (Å²) in [5, 5.41) is 9.09. The van der Waals surface area contributed by atoms with E-state index in [2.05, 4.69) is 0 Å². The molecule has 0 saturated carbocycles. The molecule has 6 heteroatoms. The Morgan fingerprint density at radius 1 is 1.39 bits per heavy atom. The van der Waals surface area contributed by atoms with E-state index < -0.39 is 15.8 Å². The maximum Gasteiger partial charge on any atom is 0.337 e. The highest BCUT2D eigenvalue weighted by Gasteiger charge is 2.14. The standard InChI is InChI=1S/C12H17NO4S/c1-9-4-5-10(12(14)15)11(8-9)13(2)6-7-18(3,16)17/h4-5,8H,6-7H2,1-3H3,(H,14,15). The van der Waals surface area contributed by atoms with Crippen molar-refractivity contribution in [1.29, 1.82) is 0 Å². The first kappa shape index (κ1) is 14.5. The monoisotopic (exact) mass is 271 g/mol. The van der Waals surface area contributed by atoms with Crippen molar-refractivity contribution < 1.29 is 18.3 Å². The molecule has 0 aliphatic carbocycles. The van der Waals surface area contributed by atoms with E-state index >= 15 is 0 Å². The lowest BCUT2D eigenvalue weighted by Gasteiger charge is -2.21. The Morgan fingerprint density at radius 2 is 2.00 bits per heavy atom. The molecule has 1 N–H and O–H groups in total. The average Bonchev–Trinajstić information content (AvgIpc) is 2.24. The van der Waals surface area contributed by atoms with E-state index in [1.807, 2.05) is 6.92 Å². The van der Waals surface area contributed by atoms with Crippen LogP contribution in [0.15, 0.2) is 18.2 Å². The number of aryl methyl sites for hydroxylation is 1. The maximum absolute atomic E-state index is 11.1. The van der Waals surface area contributed by atoms with Crippen LogP contribution < -0.4 is 4.90 Å². The summed E-state index contributed by atoms with van der Waals surface area (Å²) in [6.45, 7) is 2.13. The predicted molar refractivity (Wildman–Crippen MR) is 71.1 cm³/mol. The van der Waals surface area contributed by atoms with E-state index in [1.54, 1.807) is 24.1 Å². The van der Waals surface area contributed by atoms with Crippen LogP contribution in [0.2, 0.25) is 0 Å². The van der Waals surface area contributed by atoms with E-state index in [0.717, 1.165) is 11.8 Å². The van der Waals surface area contributed by atoms with Crippen LogP contribution in [-0.2, 0) is 9.84 Å². The Labute approximate surface area is 107 Å². The fourth-order valence-electron chi connectivity index (χ4n) is 1.56. The summed E-state index contributed by atoms with van der Waals surface area (Å²) in [4.78, 5) is 12.7. The lowest BCUT2D eigenvalue weighted by atomic mass is 10.1. The molecule has 100 valence electrons. The van der Waals surface area contributed by atoms with E-state index in [9.17, 15) is 13.2 Å². The van der Waals surface area contributed by atoms with Crippen molar-refractivity contribution in [3.05, 3.63) is 29.3 Å². The van der Waals surface area contributed by atoms with Crippen LogP contribution in [-0.4, -0.2) is 45.1 Å². The van der Waals surface area contributed by atoms with Crippen LogP contribution in [0, 0.1) is 6.92 Å². The fourth-order valence-corrected chi connectivity index (χ4v) is 2.17. The maximum atomic E-state index is 11.1. The molecule has 0 aliphatic rings. The molecule has 0 amide bonds. The van der Waals surface area contributed by atoms with Crippen LogP contribution >= 0.6 is 0 Å². The average molecular weight is 271 g/mol. The largest absolute Gasteiger partial charge is 0.478 e. The van der Waals surface area contributed by atoms with Crippen molar-refractivity contribution in [1.82, 2.24) is 0 Å². The van der Waals surface area contributed by atoms with Gasteiger partial charge in [0.15, 0.2) is 0 Å². The molecule has 1 rings (SSSR count). The van der Waals surface area contributed by atoms with Crippen molar-refractivity contribution >= 4 is 21.5 Å². The van der Waals surface area contributed by atoms with Crippen molar-refractivity contribution in [2.24, 2.45) is 0 Å². The number of hydrogen-bond acceptors (Lipinski definition) is 4. The Hall–Kier alpha value is -1.56. The minimum Gasteiger partial charge on any atom is -0.478 e. The predicted octanol–water partition coefficient (Wildman–Crippen LogP) is 1.17. The Balaban J connectivity index is 3.00. The van der Waals surface area contributed by atoms with Gasteiger partial charge in [0.05, 0.1) is 17.0 Å². The van der Waals surface area contributed by atoms with Crippen molar-refractivity contribution in [2.45, 2.75) is 6.92 Å². The molecule has 0 aliphatic heterocycles. The smallest absolute Gasteiger partial charge is 0.337 e. The number of rotatable bonds is 5. The zero-order valence-corrected chi connectivity index (χ0v) is 11.5. The highest BCUT2D eigenvalue weighted by Crippen LogP contribution is 2.21. The lowest BCUT2D eigenvalue weighted by molar-refractivity contribution is 0.0697. The number of carbonyl (C=O) groups is 1. The number of aromatic carboxylic acids is 1. The third-order valence-electron chi connectivity index (χ3n) is 2.59. The van der Waals surface area contributed by atoms with Gasteiger partial charge in [-0.3, -0.25) is 0 Å². The molecule has 0 atom stereocenters. The van der Waals surface area contributed by atoms with Gasteiger partial charge < -0.3 is 10.0 Å². The highest BCUT2D eigenvalue weighted by molar-refractivity contribution is 7.90. The Bertz CT molecular complexity index is 551. The first-order valence-electron chi connectivity index (χ1n) is 5.43. The summed E-state index contributed by atoms with van der Waals surface area (Å²) in [6.07, 6.45) is 1.16. The van der Waals surface area contributed by atoms with Crippen molar-refractivity contribution in [3.8, 4) is 0 Å². The first-order chi connectivity index (χ1) is 8.20. The summed E-state index contributed by atoms with van der Waals surface area (Å²) >= 11 is 0. The summed E-state index contributed by atoms with van der Waals surface area (Å²) in [5.74, 6) is -1.02. The lowest BCUT2D eigenvalue weighted by Crippen LogP contribution is -2.26. The fraction of sp³-hybridized carbons (Fsp3) is 0.417. The molecule has 18 heavy (non-hydrogen) atoms. The van der Waals surface area contributed by atoms with Gasteiger partial charge in [-0.25, -0.2) is 13.2 Å². The van der Waals surface area contributed by atoms with Gasteiger partial charge in [0.2, 0.25) is 0 Å². The highest BCUT2D eigenvalue weighted by atomic mass is 32.2. The molecule has 5 nitrogen and oxygen atoms in total. The SMILES string of the molecule is Cc1ccc(C(=O)O)c(N(C)CCS(C)(=O)=O)c1. The number of carboxylic acid groups (broad SMARTS) is 1. The topological polar surface area (TPSA) is 74.7 Å². The van der Waals surface area contributed by atoms with Crippen molar-refractivity contribution in [2.75, 3.05) is 30.5 Å². The normalized spacial score (nSPS) is 11.3. The molecular formula is C12H17NO4S. The summed E-state index contributed by atoms with van der Waals surface area (Å²) in [7, 11) is -1.37. The Morgan fingerprint density at radius 3 is 2.50 bits per heavy atom. The van der Waals surface area contributed by atoms with Gasteiger partial charge in [-0.15, -0.1) is 0 Å². The number of nitrogens with zero attached hydrogens (tertiary/aromatic N) is 1. The van der Waals surface area contributed by atoms with Crippen LogP contribution in [0.4, 0.5) is 5.69 Å². The molecule has 0 spiro atoms. The summed E-state index contributed by atoms with van der Waals surface area (Å²) in [6, 6.07) is 4.99. The molecular weight excluding hydrogens is 254 g/mol. The second-order valence-electron chi connectivity index (χ2n) is 4.38. The molecule has 0 unspecified atom stereocenters. The molecule has 1 aromatic carbocycles. The van der Waals surface area contributed by atoms with Crippen LogP contribution in [0.3, 0.4) is 0 Å². The number of benzene rings is 1. The second kappa shape index (κ2) is 5.39. The zero-order valence-electron chi connectivity index (χ0n) is 10.7. The molecule has 0 heterocycles. The minimum absolute atomic E-state index is 0.00347. The van der Waals surface area contributed by atoms with Gasteiger partial charge in [-0.05, 0) is 24.6 Å². The second-order valence-corrected chi connectivity index (χ2v) is 6.64. The van der Waals surface area contributed by atoms with Gasteiger partial charge in [-0.1, -0.05) is 6.07 Å². The van der Waals surface area contributed by atoms with E-state index in [-0.39, 0.29) is 17.9 Å². The van der Waals surface area contributed by atoms with Gasteiger partial charge in [0.1, 0.15) is 9.84 Å². The van der Waals surface area contributed by atoms with Crippen LogP contribution in [0.1, 0.15) is 15.9 Å². The molecule has 0 saturated heterocycles. The number of carboxylic acids is 1. The minimum atomic E-state index is -3.06. The number of anilines is 1. The third kappa shape index (κ3) is 4.03. The number of hydrogen-bond donors (Lipinski definition) is 1. The molecule has 1 aromatic rings. The summed E-state index contributed by atoms with van der Waals surface area (Å²) < 4.78 is 22.2. The van der Waals surface area contributed by atoms with Gasteiger partial charge in [0, 0.05) is 19.8 Å². The molecule has 0 bridgehead atoms. The summed E-state index contributed by atoms with van der Waals surface area (Å²) in [5.41, 5.74) is 1.64. The van der Waals surface area contributed by atoms with E-state index in [4.69, 9.17) is 5.11 Å². The third-order valence-corrected chi connectivity index (χ3v) is 3.52. The van der Waals surface area contributed by atoms with Gasteiger partial charge in [-0.2, -0.15) is 0 Å². The van der Waals surface area contributed by atoms with Crippen molar-refractivity contribution in [3.63, 3.8) is 0 Å². The quantitative estimate of drug-likeness (QED) is 0.870. The van der Waals surface area contributed by atoms with Gasteiger partial charge >= 0.3 is 5.97 Å². The van der Waals surface area contributed by atoms with Crippen LogP contribution in [0.25, 0.3) is 0 Å². The first-order valence-corrected chi connectivity index (χ1v) is 7.49.